The molecule has 0 aliphatic rings. The van der Waals surface area contributed by atoms with Crippen molar-refractivity contribution >= 4 is 5.91 Å². The predicted molar refractivity (Wildman–Crippen MR) is 107 cm³/mol. The van der Waals surface area contributed by atoms with Crippen LogP contribution >= 0.6 is 0 Å². The molecule has 140 valence electrons. The van der Waals surface area contributed by atoms with Crippen molar-refractivity contribution in [1.82, 2.24) is 14.9 Å². The Morgan fingerprint density at radius 3 is 2.19 bits per heavy atom. The monoisotopic (exact) mass is 363 g/mol. The van der Waals surface area contributed by atoms with Crippen molar-refractivity contribution in [2.24, 2.45) is 0 Å². The lowest BCUT2D eigenvalue weighted by Crippen LogP contribution is -2.27. The first kappa shape index (κ1) is 18.9. The predicted octanol–water partition coefficient (Wildman–Crippen LogP) is 3.65. The first-order valence-electron chi connectivity index (χ1n) is 9.10. The molecular weight excluding hydrogens is 338 g/mol. The van der Waals surface area contributed by atoms with Gasteiger partial charge in [0.05, 0.1) is 18.1 Å². The Labute approximate surface area is 159 Å². The second-order valence-electron chi connectivity index (χ2n) is 6.74. The van der Waals surface area contributed by atoms with E-state index in [0.717, 1.165) is 28.1 Å². The van der Waals surface area contributed by atoms with E-state index in [1.807, 2.05) is 66.9 Å². The van der Waals surface area contributed by atoms with Crippen molar-refractivity contribution in [2.45, 2.75) is 33.4 Å². The van der Waals surface area contributed by atoms with Gasteiger partial charge in [0, 0.05) is 24.3 Å². The van der Waals surface area contributed by atoms with Gasteiger partial charge in [-0.15, -0.1) is 0 Å². The molecule has 1 atom stereocenters. The van der Waals surface area contributed by atoms with Gasteiger partial charge in [-0.25, -0.2) is 4.98 Å². The maximum atomic E-state index is 12.3. The fraction of sp³-hybridized carbons (Fsp3) is 0.273. The van der Waals surface area contributed by atoms with E-state index in [0.29, 0.717) is 18.7 Å². The summed E-state index contributed by atoms with van der Waals surface area (Å²) in [6.07, 6.45) is 1.33. The van der Waals surface area contributed by atoms with Crippen LogP contribution in [0.1, 0.15) is 40.3 Å². The second-order valence-corrected chi connectivity index (χ2v) is 6.74. The Kier molecular flexibility index (Phi) is 5.72. The van der Waals surface area contributed by atoms with Gasteiger partial charge in [0.2, 0.25) is 0 Å². The molecule has 0 radical (unpaired) electrons. The van der Waals surface area contributed by atoms with Gasteiger partial charge in [0.15, 0.2) is 0 Å². The third kappa shape index (κ3) is 4.44. The zero-order chi connectivity index (χ0) is 19.4. The Hall–Kier alpha value is -2.92. The SMILES string of the molecule is Cc1ncn(CCNC(=O)c2ccc(-c3ccc(C(C)O)cc3)cc2)c1C. The number of hydrogen-bond donors (Lipinski definition) is 2. The van der Waals surface area contributed by atoms with Crippen LogP contribution in [0.4, 0.5) is 0 Å². The van der Waals surface area contributed by atoms with E-state index >= 15 is 0 Å². The first-order chi connectivity index (χ1) is 13.0. The summed E-state index contributed by atoms with van der Waals surface area (Å²) in [4.78, 5) is 16.6. The smallest absolute Gasteiger partial charge is 0.251 e. The molecule has 5 heteroatoms. The number of nitrogens with zero attached hydrogens (tertiary/aromatic N) is 2. The maximum absolute atomic E-state index is 12.3. The van der Waals surface area contributed by atoms with E-state index in [9.17, 15) is 9.90 Å². The number of carbonyl (C=O) groups excluding carboxylic acids is 1. The van der Waals surface area contributed by atoms with Crippen molar-refractivity contribution in [3.63, 3.8) is 0 Å². The van der Waals surface area contributed by atoms with Gasteiger partial charge in [0.25, 0.3) is 5.91 Å². The second kappa shape index (κ2) is 8.18. The van der Waals surface area contributed by atoms with Crippen molar-refractivity contribution in [3.8, 4) is 11.1 Å². The van der Waals surface area contributed by atoms with Crippen LogP contribution in [-0.4, -0.2) is 27.1 Å². The summed E-state index contributed by atoms with van der Waals surface area (Å²) >= 11 is 0. The molecule has 0 saturated heterocycles. The highest BCUT2D eigenvalue weighted by atomic mass is 16.3. The van der Waals surface area contributed by atoms with E-state index < -0.39 is 6.10 Å². The summed E-state index contributed by atoms with van der Waals surface area (Å²) in [5.74, 6) is -0.0829. The lowest BCUT2D eigenvalue weighted by molar-refractivity contribution is 0.0952. The van der Waals surface area contributed by atoms with E-state index in [2.05, 4.69) is 10.3 Å². The number of rotatable bonds is 6. The van der Waals surface area contributed by atoms with Crippen LogP contribution in [0.5, 0.6) is 0 Å². The molecule has 1 amide bonds. The Bertz CT molecular complexity index is 910. The Balaban J connectivity index is 1.59. The average Bonchev–Trinajstić information content (AvgIpc) is 3.00. The van der Waals surface area contributed by atoms with Crippen LogP contribution < -0.4 is 5.32 Å². The standard InChI is InChI=1S/C22H25N3O2/c1-15-16(2)25(14-24-15)13-12-23-22(27)21-10-8-20(9-11-21)19-6-4-18(5-7-19)17(3)26/h4-11,14,17,26H,12-13H2,1-3H3,(H,23,27). The first-order valence-corrected chi connectivity index (χ1v) is 9.10. The topological polar surface area (TPSA) is 67.2 Å². The third-order valence-corrected chi connectivity index (χ3v) is 4.86. The van der Waals surface area contributed by atoms with E-state index in [1.54, 1.807) is 13.3 Å². The summed E-state index contributed by atoms with van der Waals surface area (Å²) < 4.78 is 2.04. The van der Waals surface area contributed by atoms with Crippen LogP contribution in [0.25, 0.3) is 11.1 Å². The molecule has 0 aliphatic heterocycles. The molecule has 0 bridgehead atoms. The van der Waals surface area contributed by atoms with Gasteiger partial charge in [-0.2, -0.15) is 0 Å². The molecule has 0 spiro atoms. The molecule has 1 aromatic heterocycles. The molecule has 3 aromatic rings. The Morgan fingerprint density at radius 1 is 1.07 bits per heavy atom. The van der Waals surface area contributed by atoms with E-state index in [1.165, 1.54) is 0 Å². The fourth-order valence-corrected chi connectivity index (χ4v) is 2.93. The van der Waals surface area contributed by atoms with Gasteiger partial charge < -0.3 is 15.0 Å². The van der Waals surface area contributed by atoms with Gasteiger partial charge in [-0.3, -0.25) is 4.79 Å². The summed E-state index contributed by atoms with van der Waals surface area (Å²) in [5.41, 5.74) is 5.75. The molecule has 5 nitrogen and oxygen atoms in total. The normalized spacial score (nSPS) is 12.0. The highest BCUT2D eigenvalue weighted by Crippen LogP contribution is 2.22. The number of nitrogens with one attached hydrogen (secondary N) is 1. The third-order valence-electron chi connectivity index (χ3n) is 4.86. The lowest BCUT2D eigenvalue weighted by atomic mass is 10.0. The molecule has 1 unspecified atom stereocenters. The summed E-state index contributed by atoms with van der Waals surface area (Å²) in [6, 6.07) is 15.3. The van der Waals surface area contributed by atoms with E-state index in [-0.39, 0.29) is 5.91 Å². The average molecular weight is 363 g/mol. The van der Waals surface area contributed by atoms with Crippen molar-refractivity contribution in [2.75, 3.05) is 6.54 Å². The van der Waals surface area contributed by atoms with Crippen LogP contribution in [0, 0.1) is 13.8 Å². The molecule has 0 saturated carbocycles. The van der Waals surface area contributed by atoms with E-state index in [4.69, 9.17) is 0 Å². The molecule has 0 aliphatic carbocycles. The molecule has 1 heterocycles. The van der Waals surface area contributed by atoms with Crippen LogP contribution in [0.15, 0.2) is 54.9 Å². The number of aliphatic hydroxyl groups is 1. The Morgan fingerprint density at radius 2 is 1.67 bits per heavy atom. The molecule has 2 aromatic carbocycles. The molecule has 3 rings (SSSR count). The summed E-state index contributed by atoms with van der Waals surface area (Å²) in [6.45, 7) is 7.00. The number of carbonyl (C=O) groups is 1. The number of imidazole rings is 1. The highest BCUT2D eigenvalue weighted by Gasteiger charge is 2.07. The molecule has 2 N–H and O–H groups in total. The zero-order valence-electron chi connectivity index (χ0n) is 15.9. The van der Waals surface area contributed by atoms with Gasteiger partial charge in [0.1, 0.15) is 0 Å². The minimum atomic E-state index is -0.472. The van der Waals surface area contributed by atoms with Crippen LogP contribution in [-0.2, 0) is 6.54 Å². The van der Waals surface area contributed by atoms with Gasteiger partial charge in [-0.05, 0) is 49.6 Å². The molecule has 0 fully saturated rings. The summed E-state index contributed by atoms with van der Waals surface area (Å²) in [7, 11) is 0. The van der Waals surface area contributed by atoms with Gasteiger partial charge >= 0.3 is 0 Å². The van der Waals surface area contributed by atoms with Crippen LogP contribution in [0.2, 0.25) is 0 Å². The number of aliphatic hydroxyl groups excluding tert-OH is 1. The fourth-order valence-electron chi connectivity index (χ4n) is 2.93. The highest BCUT2D eigenvalue weighted by molar-refractivity contribution is 5.94. The number of aromatic nitrogens is 2. The minimum absolute atomic E-state index is 0.0829. The number of amides is 1. The van der Waals surface area contributed by atoms with Crippen molar-refractivity contribution in [3.05, 3.63) is 77.4 Å². The number of benzene rings is 2. The summed E-state index contributed by atoms with van der Waals surface area (Å²) in [5, 5.41) is 12.5. The minimum Gasteiger partial charge on any atom is -0.389 e. The number of aryl methyl sites for hydroxylation is 1. The maximum Gasteiger partial charge on any atom is 0.251 e. The quantitative estimate of drug-likeness (QED) is 0.702. The lowest BCUT2D eigenvalue weighted by Gasteiger charge is -2.09. The molecule has 27 heavy (non-hydrogen) atoms. The molecular formula is C22H25N3O2. The van der Waals surface area contributed by atoms with Crippen molar-refractivity contribution < 1.29 is 9.90 Å². The zero-order valence-corrected chi connectivity index (χ0v) is 15.9. The van der Waals surface area contributed by atoms with Gasteiger partial charge in [-0.1, -0.05) is 36.4 Å². The van der Waals surface area contributed by atoms with Crippen molar-refractivity contribution in [1.29, 1.82) is 0 Å². The largest absolute Gasteiger partial charge is 0.389 e. The van der Waals surface area contributed by atoms with Crippen LogP contribution in [0.3, 0.4) is 0 Å². The number of hydrogen-bond acceptors (Lipinski definition) is 3.